The van der Waals surface area contributed by atoms with Gasteiger partial charge in [-0.25, -0.2) is 13.1 Å². The number of sulfonamides is 1. The number of nitrogen functional groups attached to an aromatic ring is 1. The molecule has 1 aliphatic rings. The number of anilines is 1. The van der Waals surface area contributed by atoms with Crippen LogP contribution in [0.2, 0.25) is 0 Å². The minimum absolute atomic E-state index is 0.0524. The Balaban J connectivity index is 2.26. The molecule has 0 aromatic heterocycles. The molecule has 1 aliphatic carbocycles. The van der Waals surface area contributed by atoms with Gasteiger partial charge >= 0.3 is 0 Å². The zero-order valence-electron chi connectivity index (χ0n) is 13.1. The Morgan fingerprint density at radius 3 is 2.52 bits per heavy atom. The van der Waals surface area contributed by atoms with E-state index >= 15 is 0 Å². The molecule has 1 saturated carbocycles. The predicted octanol–water partition coefficient (Wildman–Crippen LogP) is 3.13. The second-order valence-corrected chi connectivity index (χ2v) is 7.85. The van der Waals surface area contributed by atoms with Crippen LogP contribution in [-0.2, 0) is 10.0 Å². The fourth-order valence-corrected chi connectivity index (χ4v) is 4.59. The number of nitrogens with two attached hydrogens (primary N) is 1. The summed E-state index contributed by atoms with van der Waals surface area (Å²) < 4.78 is 28.1. The van der Waals surface area contributed by atoms with Gasteiger partial charge in [-0.3, -0.25) is 0 Å². The Kier molecular flexibility index (Phi) is 4.94. The predicted molar refractivity (Wildman–Crippen MR) is 86.7 cm³/mol. The van der Waals surface area contributed by atoms with Crippen LogP contribution in [0.3, 0.4) is 0 Å². The molecule has 0 saturated heterocycles. The van der Waals surface area contributed by atoms with Crippen molar-refractivity contribution in [3.8, 4) is 0 Å². The van der Waals surface area contributed by atoms with Gasteiger partial charge in [0.25, 0.3) is 0 Å². The fourth-order valence-electron chi connectivity index (χ4n) is 3.13. The van der Waals surface area contributed by atoms with E-state index in [-0.39, 0.29) is 10.9 Å². The van der Waals surface area contributed by atoms with Gasteiger partial charge in [0.05, 0.1) is 4.90 Å². The summed E-state index contributed by atoms with van der Waals surface area (Å²) in [6.07, 6.45) is 5.35. The second-order valence-electron chi connectivity index (χ2n) is 6.13. The van der Waals surface area contributed by atoms with Crippen LogP contribution in [-0.4, -0.2) is 14.5 Å². The Labute approximate surface area is 128 Å². The van der Waals surface area contributed by atoms with Gasteiger partial charge in [0.2, 0.25) is 10.0 Å². The van der Waals surface area contributed by atoms with Crippen LogP contribution in [0.25, 0.3) is 0 Å². The van der Waals surface area contributed by atoms with Crippen molar-refractivity contribution in [3.05, 3.63) is 23.3 Å². The number of nitrogens with one attached hydrogen (secondary N) is 1. The van der Waals surface area contributed by atoms with Crippen molar-refractivity contribution < 1.29 is 8.42 Å². The molecule has 1 aromatic rings. The molecule has 0 aliphatic heterocycles. The molecule has 0 spiro atoms. The summed E-state index contributed by atoms with van der Waals surface area (Å²) in [5, 5.41) is 0. The summed E-state index contributed by atoms with van der Waals surface area (Å²) >= 11 is 0. The molecule has 2 atom stereocenters. The summed E-state index contributed by atoms with van der Waals surface area (Å²) in [5.74, 6) is 0.442. The molecule has 5 heteroatoms. The maximum atomic E-state index is 12.6. The van der Waals surface area contributed by atoms with E-state index in [0.717, 1.165) is 36.8 Å². The molecular weight excluding hydrogens is 284 g/mol. The average molecular weight is 310 g/mol. The van der Waals surface area contributed by atoms with Crippen molar-refractivity contribution in [1.29, 1.82) is 0 Å². The van der Waals surface area contributed by atoms with Gasteiger partial charge in [0, 0.05) is 11.7 Å². The maximum Gasteiger partial charge on any atom is 0.240 e. The number of rotatable bonds is 4. The zero-order chi connectivity index (χ0) is 15.6. The van der Waals surface area contributed by atoms with Crippen LogP contribution in [0.4, 0.5) is 5.69 Å². The molecule has 21 heavy (non-hydrogen) atoms. The molecule has 1 fully saturated rings. The van der Waals surface area contributed by atoms with Crippen LogP contribution < -0.4 is 10.5 Å². The lowest BCUT2D eigenvalue weighted by Gasteiger charge is -2.31. The Hall–Kier alpha value is -1.07. The van der Waals surface area contributed by atoms with Crippen LogP contribution >= 0.6 is 0 Å². The quantitative estimate of drug-likeness (QED) is 0.839. The van der Waals surface area contributed by atoms with E-state index in [0.29, 0.717) is 11.6 Å². The highest BCUT2D eigenvalue weighted by atomic mass is 32.2. The van der Waals surface area contributed by atoms with E-state index in [1.165, 1.54) is 6.42 Å². The monoisotopic (exact) mass is 310 g/mol. The molecule has 0 amide bonds. The normalized spacial score (nSPS) is 23.2. The van der Waals surface area contributed by atoms with Gasteiger partial charge < -0.3 is 5.73 Å². The Morgan fingerprint density at radius 1 is 1.24 bits per heavy atom. The molecule has 2 unspecified atom stereocenters. The third kappa shape index (κ3) is 3.58. The highest BCUT2D eigenvalue weighted by Gasteiger charge is 2.28. The van der Waals surface area contributed by atoms with Crippen molar-refractivity contribution >= 4 is 15.7 Å². The molecular formula is C16H26N2O2S. The van der Waals surface area contributed by atoms with Gasteiger partial charge in [-0.05, 0) is 55.9 Å². The van der Waals surface area contributed by atoms with Gasteiger partial charge in [-0.15, -0.1) is 0 Å². The minimum Gasteiger partial charge on any atom is -0.398 e. The van der Waals surface area contributed by atoms with Crippen molar-refractivity contribution in [2.45, 2.75) is 63.8 Å². The van der Waals surface area contributed by atoms with E-state index in [9.17, 15) is 8.42 Å². The highest BCUT2D eigenvalue weighted by molar-refractivity contribution is 7.89. The van der Waals surface area contributed by atoms with Crippen LogP contribution in [0.5, 0.6) is 0 Å². The molecule has 3 N–H and O–H groups in total. The molecule has 4 nitrogen and oxygen atoms in total. The largest absolute Gasteiger partial charge is 0.398 e. The summed E-state index contributed by atoms with van der Waals surface area (Å²) in [5.41, 5.74) is 8.30. The molecule has 0 bridgehead atoms. The fraction of sp³-hybridized carbons (Fsp3) is 0.625. The van der Waals surface area contributed by atoms with Crippen molar-refractivity contribution in [2.75, 3.05) is 5.73 Å². The lowest BCUT2D eigenvalue weighted by atomic mass is 9.83. The average Bonchev–Trinajstić information content (AvgIpc) is 2.44. The summed E-state index contributed by atoms with van der Waals surface area (Å²) in [7, 11) is -3.49. The van der Waals surface area contributed by atoms with Gasteiger partial charge in [-0.1, -0.05) is 26.2 Å². The first-order valence-corrected chi connectivity index (χ1v) is 9.22. The zero-order valence-corrected chi connectivity index (χ0v) is 14.0. The van der Waals surface area contributed by atoms with Gasteiger partial charge in [0.1, 0.15) is 0 Å². The molecule has 0 heterocycles. The van der Waals surface area contributed by atoms with Gasteiger partial charge in [0.15, 0.2) is 0 Å². The first-order chi connectivity index (χ1) is 9.85. The number of hydrogen-bond acceptors (Lipinski definition) is 3. The smallest absolute Gasteiger partial charge is 0.240 e. The van der Waals surface area contributed by atoms with E-state index < -0.39 is 10.0 Å². The van der Waals surface area contributed by atoms with E-state index in [1.54, 1.807) is 12.1 Å². The number of benzene rings is 1. The van der Waals surface area contributed by atoms with Crippen LogP contribution in [0.15, 0.2) is 17.0 Å². The van der Waals surface area contributed by atoms with E-state index in [1.807, 2.05) is 13.8 Å². The van der Waals surface area contributed by atoms with Crippen molar-refractivity contribution in [3.63, 3.8) is 0 Å². The summed E-state index contributed by atoms with van der Waals surface area (Å²) in [6.45, 7) is 5.92. The maximum absolute atomic E-state index is 12.6. The first-order valence-electron chi connectivity index (χ1n) is 7.74. The molecule has 118 valence electrons. The first kappa shape index (κ1) is 16.3. The highest BCUT2D eigenvalue weighted by Crippen LogP contribution is 2.29. The Morgan fingerprint density at radius 2 is 1.90 bits per heavy atom. The van der Waals surface area contributed by atoms with Crippen LogP contribution in [0.1, 0.15) is 50.2 Å². The van der Waals surface area contributed by atoms with E-state index in [2.05, 4.69) is 11.6 Å². The lowest BCUT2D eigenvalue weighted by molar-refractivity contribution is 0.282. The standard InChI is InChI=1S/C16H26N2O2S/c1-4-13-7-5-6-8-16(13)18-21(19,20)14-9-11(2)12(3)15(17)10-14/h9-10,13,16,18H,4-8,17H2,1-3H3. The molecule has 2 rings (SSSR count). The molecule has 1 aromatic carbocycles. The molecule has 0 radical (unpaired) electrons. The third-order valence-corrected chi connectivity index (χ3v) is 6.20. The van der Waals surface area contributed by atoms with Crippen LogP contribution in [0, 0.1) is 19.8 Å². The minimum atomic E-state index is -3.49. The SMILES string of the molecule is CCC1CCCCC1NS(=O)(=O)c1cc(C)c(C)c(N)c1. The lowest BCUT2D eigenvalue weighted by Crippen LogP contribution is -2.41. The summed E-state index contributed by atoms with van der Waals surface area (Å²) in [6, 6.07) is 3.32. The topological polar surface area (TPSA) is 72.2 Å². The second kappa shape index (κ2) is 6.36. The van der Waals surface area contributed by atoms with Gasteiger partial charge in [-0.2, -0.15) is 0 Å². The van der Waals surface area contributed by atoms with Crippen molar-refractivity contribution in [2.24, 2.45) is 5.92 Å². The van der Waals surface area contributed by atoms with Crippen molar-refractivity contribution in [1.82, 2.24) is 4.72 Å². The number of hydrogen-bond donors (Lipinski definition) is 2. The number of aryl methyl sites for hydroxylation is 1. The summed E-state index contributed by atoms with van der Waals surface area (Å²) in [4.78, 5) is 0.281. The Bertz CT molecular complexity index is 588. The van der Waals surface area contributed by atoms with E-state index in [4.69, 9.17) is 5.73 Å². The third-order valence-electron chi connectivity index (χ3n) is 4.73.